The van der Waals surface area contributed by atoms with E-state index < -0.39 is 0 Å². The first-order chi connectivity index (χ1) is 12.4. The fourth-order valence-corrected chi connectivity index (χ4v) is 4.27. The minimum absolute atomic E-state index is 0.0683. The zero-order chi connectivity index (χ0) is 18.8. The average Bonchev–Trinajstić information content (AvgIpc) is 3.15. The fourth-order valence-electron chi connectivity index (χ4n) is 2.78. The minimum Gasteiger partial charge on any atom is -0.330 e. The summed E-state index contributed by atoms with van der Waals surface area (Å²) in [5, 5.41) is 4.56. The highest BCUT2D eigenvalue weighted by Gasteiger charge is 2.22. The van der Waals surface area contributed by atoms with E-state index in [-0.39, 0.29) is 30.5 Å². The number of Topliss-reactive ketones (excluding diaryl/α,β-unsaturated/α-hetero) is 1. The molecule has 2 N–H and O–H groups in total. The van der Waals surface area contributed by atoms with E-state index in [4.69, 9.17) is 28.9 Å². The van der Waals surface area contributed by atoms with Crippen LogP contribution >= 0.6 is 34.5 Å². The van der Waals surface area contributed by atoms with Gasteiger partial charge in [-0.1, -0.05) is 35.3 Å². The van der Waals surface area contributed by atoms with E-state index >= 15 is 0 Å². The lowest BCUT2D eigenvalue weighted by Gasteiger charge is -2.13. The molecule has 4 nitrogen and oxygen atoms in total. The SMILES string of the molecule is Cn1ncc(Cl)c1-c1cc(C(=O)CC(CN)c2ccc(F)cc2)sc1Cl. The van der Waals surface area contributed by atoms with Crippen LogP contribution in [0.1, 0.15) is 27.6 Å². The molecule has 1 unspecified atom stereocenters. The van der Waals surface area contributed by atoms with Crippen LogP contribution in [0.25, 0.3) is 11.3 Å². The number of rotatable bonds is 6. The number of nitrogens with zero attached hydrogens (tertiary/aromatic N) is 2. The Labute approximate surface area is 164 Å². The van der Waals surface area contributed by atoms with Gasteiger partial charge in [-0.25, -0.2) is 4.39 Å². The maximum absolute atomic E-state index is 13.1. The molecule has 0 fully saturated rings. The molecule has 0 bridgehead atoms. The van der Waals surface area contributed by atoms with Gasteiger partial charge >= 0.3 is 0 Å². The van der Waals surface area contributed by atoms with Crippen LogP contribution in [0.4, 0.5) is 4.39 Å². The number of ketones is 1. The average molecular weight is 412 g/mol. The van der Waals surface area contributed by atoms with Gasteiger partial charge in [0.1, 0.15) is 10.2 Å². The van der Waals surface area contributed by atoms with Crippen molar-refractivity contribution in [3.8, 4) is 11.3 Å². The number of thiophene rings is 1. The van der Waals surface area contributed by atoms with Crippen molar-refractivity contribution in [1.29, 1.82) is 0 Å². The van der Waals surface area contributed by atoms with E-state index in [1.807, 2.05) is 0 Å². The van der Waals surface area contributed by atoms with Crippen LogP contribution in [0, 0.1) is 5.82 Å². The first-order valence-electron chi connectivity index (χ1n) is 7.86. The molecule has 0 aliphatic rings. The van der Waals surface area contributed by atoms with Gasteiger partial charge in [-0.3, -0.25) is 9.48 Å². The molecule has 3 rings (SSSR count). The van der Waals surface area contributed by atoms with Gasteiger partial charge in [-0.15, -0.1) is 11.3 Å². The van der Waals surface area contributed by atoms with Crippen molar-refractivity contribution in [3.05, 3.63) is 62.1 Å². The van der Waals surface area contributed by atoms with Crippen molar-refractivity contribution in [1.82, 2.24) is 9.78 Å². The van der Waals surface area contributed by atoms with E-state index in [1.54, 1.807) is 29.9 Å². The second kappa shape index (κ2) is 7.88. The Balaban J connectivity index is 1.84. The summed E-state index contributed by atoms with van der Waals surface area (Å²) in [5.41, 5.74) is 8.00. The van der Waals surface area contributed by atoms with Gasteiger partial charge in [-0.05, 0) is 30.3 Å². The van der Waals surface area contributed by atoms with Crippen LogP contribution < -0.4 is 5.73 Å². The Bertz CT molecular complexity index is 917. The highest BCUT2D eigenvalue weighted by molar-refractivity contribution is 7.18. The molecular weight excluding hydrogens is 396 g/mol. The van der Waals surface area contributed by atoms with Gasteiger partial charge in [0.2, 0.25) is 0 Å². The number of nitrogens with two attached hydrogens (primary N) is 1. The lowest BCUT2D eigenvalue weighted by Crippen LogP contribution is -2.16. The third-order valence-corrected chi connectivity index (χ3v) is 5.84. The van der Waals surface area contributed by atoms with Crippen molar-refractivity contribution in [2.75, 3.05) is 6.54 Å². The third kappa shape index (κ3) is 3.83. The van der Waals surface area contributed by atoms with Gasteiger partial charge in [0.25, 0.3) is 0 Å². The number of halogens is 3. The van der Waals surface area contributed by atoms with E-state index in [2.05, 4.69) is 5.10 Å². The monoisotopic (exact) mass is 411 g/mol. The summed E-state index contributed by atoms with van der Waals surface area (Å²) in [4.78, 5) is 13.3. The molecular formula is C18H16Cl2FN3OS. The van der Waals surface area contributed by atoms with Gasteiger partial charge in [0.15, 0.2) is 5.78 Å². The molecule has 8 heteroatoms. The van der Waals surface area contributed by atoms with Crippen molar-refractivity contribution in [2.24, 2.45) is 12.8 Å². The molecule has 0 amide bonds. The largest absolute Gasteiger partial charge is 0.330 e. The summed E-state index contributed by atoms with van der Waals surface area (Å²) in [6.45, 7) is 0.289. The summed E-state index contributed by atoms with van der Waals surface area (Å²) in [6.07, 6.45) is 1.75. The molecule has 3 aromatic rings. The minimum atomic E-state index is -0.321. The number of benzene rings is 1. The smallest absolute Gasteiger partial charge is 0.173 e. The first kappa shape index (κ1) is 19.0. The molecule has 26 heavy (non-hydrogen) atoms. The molecule has 0 radical (unpaired) electrons. The topological polar surface area (TPSA) is 60.9 Å². The van der Waals surface area contributed by atoms with Gasteiger partial charge < -0.3 is 5.73 Å². The first-order valence-corrected chi connectivity index (χ1v) is 9.44. The Morgan fingerprint density at radius 1 is 1.35 bits per heavy atom. The second-order valence-electron chi connectivity index (χ2n) is 5.87. The normalized spacial score (nSPS) is 12.3. The zero-order valence-corrected chi connectivity index (χ0v) is 16.2. The van der Waals surface area contributed by atoms with Crippen molar-refractivity contribution in [3.63, 3.8) is 0 Å². The van der Waals surface area contributed by atoms with Crippen LogP contribution in [0.3, 0.4) is 0 Å². The van der Waals surface area contributed by atoms with E-state index in [0.717, 1.165) is 5.56 Å². The molecule has 0 saturated heterocycles. The zero-order valence-electron chi connectivity index (χ0n) is 13.9. The maximum atomic E-state index is 13.1. The molecule has 2 aromatic heterocycles. The van der Waals surface area contributed by atoms with Crippen molar-refractivity contribution in [2.45, 2.75) is 12.3 Å². The third-order valence-electron chi connectivity index (χ3n) is 4.17. The lowest BCUT2D eigenvalue weighted by atomic mass is 9.93. The number of aryl methyl sites for hydroxylation is 1. The number of carbonyl (C=O) groups is 1. The van der Waals surface area contributed by atoms with Gasteiger partial charge in [0.05, 0.1) is 21.8 Å². The quantitative estimate of drug-likeness (QED) is 0.586. The predicted molar refractivity (Wildman–Crippen MR) is 104 cm³/mol. The van der Waals surface area contributed by atoms with Crippen LogP contribution in [0.5, 0.6) is 0 Å². The molecule has 0 aliphatic heterocycles. The molecule has 0 saturated carbocycles. The van der Waals surface area contributed by atoms with Gasteiger partial charge in [-0.2, -0.15) is 5.10 Å². The Kier molecular flexibility index (Phi) is 5.77. The molecule has 2 heterocycles. The van der Waals surface area contributed by atoms with Crippen molar-refractivity contribution < 1.29 is 9.18 Å². The highest BCUT2D eigenvalue weighted by atomic mass is 35.5. The summed E-state index contributed by atoms with van der Waals surface area (Å²) >= 11 is 13.7. The molecule has 0 aliphatic carbocycles. The van der Waals surface area contributed by atoms with Crippen LogP contribution in [0.2, 0.25) is 9.36 Å². The Morgan fingerprint density at radius 2 is 2.04 bits per heavy atom. The van der Waals surface area contributed by atoms with E-state index in [0.29, 0.717) is 25.5 Å². The predicted octanol–water partition coefficient (Wildman–Crippen LogP) is 4.91. The summed E-state index contributed by atoms with van der Waals surface area (Å²) in [7, 11) is 1.76. The highest BCUT2D eigenvalue weighted by Crippen LogP contribution is 2.39. The number of hydrogen-bond donors (Lipinski definition) is 1. The van der Waals surface area contributed by atoms with Crippen LogP contribution in [-0.4, -0.2) is 22.1 Å². The molecule has 1 aromatic carbocycles. The van der Waals surface area contributed by atoms with Crippen molar-refractivity contribution >= 4 is 40.3 Å². The second-order valence-corrected chi connectivity index (χ2v) is 7.94. The number of carbonyl (C=O) groups excluding carboxylic acids is 1. The standard InChI is InChI=1S/C18H16Cl2FN3OS/c1-24-17(14(19)9-23-24)13-7-16(26-18(13)20)15(25)6-11(8-22)10-2-4-12(21)5-3-10/h2-5,7,9,11H,6,8,22H2,1H3. The molecule has 136 valence electrons. The van der Waals surface area contributed by atoms with E-state index in [1.165, 1.54) is 29.7 Å². The fraction of sp³-hybridized carbons (Fsp3) is 0.222. The number of aromatic nitrogens is 2. The summed E-state index contributed by atoms with van der Waals surface area (Å²) in [5.74, 6) is -0.576. The lowest BCUT2D eigenvalue weighted by molar-refractivity contribution is 0.0978. The molecule has 0 spiro atoms. The Morgan fingerprint density at radius 3 is 2.62 bits per heavy atom. The Hall–Kier alpha value is -1.73. The number of hydrogen-bond acceptors (Lipinski definition) is 4. The molecule has 1 atom stereocenters. The summed E-state index contributed by atoms with van der Waals surface area (Å²) in [6, 6.07) is 7.78. The maximum Gasteiger partial charge on any atom is 0.173 e. The van der Waals surface area contributed by atoms with Gasteiger partial charge in [0, 0.05) is 24.9 Å². The van der Waals surface area contributed by atoms with Crippen LogP contribution in [0.15, 0.2) is 36.5 Å². The van der Waals surface area contributed by atoms with E-state index in [9.17, 15) is 9.18 Å². The summed E-state index contributed by atoms with van der Waals surface area (Å²) < 4.78 is 15.2. The van der Waals surface area contributed by atoms with Crippen LogP contribution in [-0.2, 0) is 7.05 Å².